The van der Waals surface area contributed by atoms with Gasteiger partial charge in [-0.1, -0.05) is 18.5 Å². The number of aromatic nitrogens is 2. The van der Waals surface area contributed by atoms with Crippen LogP contribution in [0.15, 0.2) is 22.6 Å². The summed E-state index contributed by atoms with van der Waals surface area (Å²) in [6, 6.07) is 4.68. The van der Waals surface area contributed by atoms with Gasteiger partial charge in [-0.3, -0.25) is 10.1 Å². The van der Waals surface area contributed by atoms with Crippen LogP contribution in [0.1, 0.15) is 11.8 Å². The van der Waals surface area contributed by atoms with E-state index in [0.717, 1.165) is 21.5 Å². The highest BCUT2D eigenvalue weighted by molar-refractivity contribution is 7.18. The summed E-state index contributed by atoms with van der Waals surface area (Å²) in [4.78, 5) is 20.4. The first kappa shape index (κ1) is 13.0. The summed E-state index contributed by atoms with van der Waals surface area (Å²) in [7, 11) is 0. The summed E-state index contributed by atoms with van der Waals surface area (Å²) in [5.74, 6) is 0.132. The fourth-order valence-electron chi connectivity index (χ4n) is 1.77. The topological polar surface area (TPSA) is 82.1 Å². The van der Waals surface area contributed by atoms with Gasteiger partial charge in [-0.15, -0.1) is 11.3 Å². The minimum Gasteiger partial charge on any atom is -0.397 e. The maximum Gasteiger partial charge on any atom is 0.433 e. The van der Waals surface area contributed by atoms with Crippen molar-refractivity contribution in [3.8, 4) is 11.6 Å². The lowest BCUT2D eigenvalue weighted by molar-refractivity contribution is -0.401. The smallest absolute Gasteiger partial charge is 0.397 e. The fourth-order valence-corrected chi connectivity index (χ4v) is 3.01. The largest absolute Gasteiger partial charge is 0.433 e. The van der Waals surface area contributed by atoms with Crippen LogP contribution in [0.4, 0.5) is 5.88 Å². The standard InChI is InChI=1S/C12H8ClN3O3S/c1-2-6-5-7-10(13)14-11(15-12(7)20-6)8-3-4-9(19-8)16(17)18/h3-5H,2H2,1H3. The van der Waals surface area contributed by atoms with Gasteiger partial charge in [-0.05, 0) is 18.6 Å². The predicted octanol–water partition coefficient (Wildman–Crippen LogP) is 4.08. The minimum absolute atomic E-state index is 0.229. The second-order valence-electron chi connectivity index (χ2n) is 4.02. The van der Waals surface area contributed by atoms with Gasteiger partial charge in [0.15, 0.2) is 11.6 Å². The molecule has 0 aliphatic rings. The van der Waals surface area contributed by atoms with Crippen molar-refractivity contribution in [3.05, 3.63) is 38.3 Å². The molecule has 3 rings (SSSR count). The van der Waals surface area contributed by atoms with E-state index < -0.39 is 4.92 Å². The van der Waals surface area contributed by atoms with E-state index in [9.17, 15) is 10.1 Å². The van der Waals surface area contributed by atoms with Crippen molar-refractivity contribution >= 4 is 39.0 Å². The molecule has 8 heteroatoms. The highest BCUT2D eigenvalue weighted by atomic mass is 35.5. The maximum absolute atomic E-state index is 10.6. The second-order valence-corrected chi connectivity index (χ2v) is 5.49. The van der Waals surface area contributed by atoms with Crippen molar-refractivity contribution in [2.24, 2.45) is 0 Å². The number of furan rings is 1. The molecule has 0 unspecified atom stereocenters. The van der Waals surface area contributed by atoms with E-state index in [1.165, 1.54) is 23.5 Å². The van der Waals surface area contributed by atoms with Gasteiger partial charge in [0, 0.05) is 10.3 Å². The average Bonchev–Trinajstić information content (AvgIpc) is 3.05. The van der Waals surface area contributed by atoms with E-state index in [2.05, 4.69) is 9.97 Å². The number of fused-ring (bicyclic) bond motifs is 1. The zero-order valence-electron chi connectivity index (χ0n) is 10.3. The fraction of sp³-hybridized carbons (Fsp3) is 0.167. The van der Waals surface area contributed by atoms with Gasteiger partial charge in [0.2, 0.25) is 0 Å². The highest BCUT2D eigenvalue weighted by Crippen LogP contribution is 2.32. The number of nitrogens with zero attached hydrogens (tertiary/aromatic N) is 3. The molecule has 0 N–H and O–H groups in total. The van der Waals surface area contributed by atoms with Crippen LogP contribution >= 0.6 is 22.9 Å². The van der Waals surface area contributed by atoms with E-state index in [-0.39, 0.29) is 17.5 Å². The number of thiophene rings is 1. The summed E-state index contributed by atoms with van der Waals surface area (Å²) in [5.41, 5.74) is 0. The molecule has 6 nitrogen and oxygen atoms in total. The Hall–Kier alpha value is -1.99. The molecule has 0 aromatic carbocycles. The molecule has 0 bridgehead atoms. The molecule has 0 atom stereocenters. The lowest BCUT2D eigenvalue weighted by atomic mass is 10.3. The molecule has 0 fully saturated rings. The van der Waals surface area contributed by atoms with Crippen molar-refractivity contribution in [1.82, 2.24) is 9.97 Å². The molecule has 3 heterocycles. The number of halogens is 1. The Bertz CT molecular complexity index is 811. The van der Waals surface area contributed by atoms with Gasteiger partial charge in [0.05, 0.1) is 6.07 Å². The van der Waals surface area contributed by atoms with Crippen LogP contribution < -0.4 is 0 Å². The average molecular weight is 310 g/mol. The minimum atomic E-state index is -0.607. The van der Waals surface area contributed by atoms with Crippen LogP contribution in [0.5, 0.6) is 0 Å². The molecular formula is C12H8ClN3O3S. The van der Waals surface area contributed by atoms with E-state index >= 15 is 0 Å². The van der Waals surface area contributed by atoms with E-state index in [0.29, 0.717) is 5.15 Å². The highest BCUT2D eigenvalue weighted by Gasteiger charge is 2.17. The summed E-state index contributed by atoms with van der Waals surface area (Å²) in [5, 5.41) is 11.7. The monoisotopic (exact) mass is 309 g/mol. The third kappa shape index (κ3) is 2.14. The zero-order valence-corrected chi connectivity index (χ0v) is 11.9. The Labute approximate surface area is 122 Å². The van der Waals surface area contributed by atoms with Crippen molar-refractivity contribution in [2.75, 3.05) is 0 Å². The first-order valence-electron chi connectivity index (χ1n) is 5.79. The van der Waals surface area contributed by atoms with Gasteiger partial charge in [-0.2, -0.15) is 0 Å². The van der Waals surface area contributed by atoms with E-state index in [1.807, 2.05) is 13.0 Å². The molecule has 0 aliphatic heterocycles. The Balaban J connectivity index is 2.13. The molecule has 3 aromatic heterocycles. The molecule has 0 amide bonds. The molecule has 0 spiro atoms. The second kappa shape index (κ2) is 4.84. The third-order valence-corrected chi connectivity index (χ3v) is 4.20. The molecule has 0 saturated carbocycles. The summed E-state index contributed by atoms with van der Waals surface area (Å²) in [6.45, 7) is 2.04. The number of nitro groups is 1. The first-order valence-corrected chi connectivity index (χ1v) is 6.98. The van der Waals surface area contributed by atoms with Gasteiger partial charge in [0.1, 0.15) is 14.9 Å². The number of hydrogen-bond donors (Lipinski definition) is 0. The molecule has 102 valence electrons. The quantitative estimate of drug-likeness (QED) is 0.413. The number of rotatable bonds is 3. The van der Waals surface area contributed by atoms with E-state index in [1.54, 1.807) is 0 Å². The van der Waals surface area contributed by atoms with Crippen LogP contribution in [0, 0.1) is 10.1 Å². The molecular weight excluding hydrogens is 302 g/mol. The number of hydrogen-bond acceptors (Lipinski definition) is 6. The lowest BCUT2D eigenvalue weighted by Gasteiger charge is -1.97. The lowest BCUT2D eigenvalue weighted by Crippen LogP contribution is -1.88. The van der Waals surface area contributed by atoms with Crippen molar-refractivity contribution in [1.29, 1.82) is 0 Å². The molecule has 3 aromatic rings. The maximum atomic E-state index is 10.6. The Morgan fingerprint density at radius 3 is 2.90 bits per heavy atom. The Kier molecular flexibility index (Phi) is 3.15. The van der Waals surface area contributed by atoms with Crippen molar-refractivity contribution in [2.45, 2.75) is 13.3 Å². The molecule has 0 aliphatic carbocycles. The number of aryl methyl sites for hydroxylation is 1. The van der Waals surface area contributed by atoms with Gasteiger partial charge in [0.25, 0.3) is 0 Å². The SMILES string of the molecule is CCc1cc2c(Cl)nc(-c3ccc([N+](=O)[O-])o3)nc2s1. The van der Waals surface area contributed by atoms with Crippen LogP contribution in [0.3, 0.4) is 0 Å². The molecule has 20 heavy (non-hydrogen) atoms. The summed E-state index contributed by atoms with van der Waals surface area (Å²) < 4.78 is 5.09. The molecule has 0 saturated heterocycles. The zero-order chi connectivity index (χ0) is 14.3. The molecule has 0 radical (unpaired) electrons. The predicted molar refractivity (Wildman–Crippen MR) is 76.2 cm³/mol. The Morgan fingerprint density at radius 2 is 2.25 bits per heavy atom. The normalized spacial score (nSPS) is 11.1. The third-order valence-electron chi connectivity index (χ3n) is 2.74. The van der Waals surface area contributed by atoms with Gasteiger partial charge < -0.3 is 4.42 Å². The van der Waals surface area contributed by atoms with Gasteiger partial charge >= 0.3 is 5.88 Å². The first-order chi connectivity index (χ1) is 9.58. The van der Waals surface area contributed by atoms with Crippen molar-refractivity contribution < 1.29 is 9.34 Å². The Morgan fingerprint density at radius 1 is 1.45 bits per heavy atom. The van der Waals surface area contributed by atoms with Crippen LogP contribution in [0.25, 0.3) is 21.8 Å². The van der Waals surface area contributed by atoms with Crippen molar-refractivity contribution in [3.63, 3.8) is 0 Å². The summed E-state index contributed by atoms with van der Waals surface area (Å²) >= 11 is 7.65. The van der Waals surface area contributed by atoms with Crippen LogP contribution in [0.2, 0.25) is 5.15 Å². The van der Waals surface area contributed by atoms with E-state index in [4.69, 9.17) is 16.0 Å². The van der Waals surface area contributed by atoms with Crippen LogP contribution in [-0.2, 0) is 6.42 Å². The van der Waals surface area contributed by atoms with Gasteiger partial charge in [-0.25, -0.2) is 9.97 Å². The van der Waals surface area contributed by atoms with Crippen LogP contribution in [-0.4, -0.2) is 14.9 Å². The summed E-state index contributed by atoms with van der Waals surface area (Å²) in [6.07, 6.45) is 0.888.